The molecule has 0 aliphatic heterocycles. The highest BCUT2D eigenvalue weighted by Crippen LogP contribution is 2.33. The molecule has 0 amide bonds. The highest BCUT2D eigenvalue weighted by molar-refractivity contribution is 5.41. The number of benzene rings is 2. The van der Waals surface area contributed by atoms with Gasteiger partial charge in [0.15, 0.2) is 0 Å². The monoisotopic (exact) mass is 330 g/mol. The summed E-state index contributed by atoms with van der Waals surface area (Å²) in [6.07, 6.45) is -0.479. The van der Waals surface area contributed by atoms with Gasteiger partial charge in [0.05, 0.1) is 12.7 Å². The Kier molecular flexibility index (Phi) is 6.23. The van der Waals surface area contributed by atoms with Crippen LogP contribution in [0.2, 0.25) is 0 Å². The van der Waals surface area contributed by atoms with Gasteiger partial charge in [0.1, 0.15) is 24.7 Å². The van der Waals surface area contributed by atoms with E-state index in [0.717, 1.165) is 11.5 Å². The zero-order chi connectivity index (χ0) is 17.6. The van der Waals surface area contributed by atoms with Crippen LogP contribution in [0, 0.1) is 0 Å². The van der Waals surface area contributed by atoms with E-state index in [9.17, 15) is 5.11 Å². The van der Waals surface area contributed by atoms with Crippen LogP contribution in [0.15, 0.2) is 48.5 Å². The van der Waals surface area contributed by atoms with Gasteiger partial charge in [-0.2, -0.15) is 0 Å². The molecule has 0 saturated heterocycles. The Bertz CT molecular complexity index is 615. The number of aliphatic hydroxyl groups is 2. The third-order valence-electron chi connectivity index (χ3n) is 4.00. The molecule has 0 aliphatic carbocycles. The molecule has 0 radical (unpaired) electrons. The molecule has 0 aromatic heterocycles. The molecule has 0 fully saturated rings. The van der Waals surface area contributed by atoms with Gasteiger partial charge < -0.3 is 19.7 Å². The van der Waals surface area contributed by atoms with Crippen LogP contribution in [-0.4, -0.2) is 36.1 Å². The number of hydrogen-bond donors (Lipinski definition) is 2. The predicted octanol–water partition coefficient (Wildman–Crippen LogP) is 3.14. The first-order valence-corrected chi connectivity index (χ1v) is 8.19. The quantitative estimate of drug-likeness (QED) is 0.781. The lowest BCUT2D eigenvalue weighted by molar-refractivity contribution is 0.122. The van der Waals surface area contributed by atoms with Crippen LogP contribution in [0.3, 0.4) is 0 Å². The Morgan fingerprint density at radius 2 is 1.33 bits per heavy atom. The zero-order valence-electron chi connectivity index (χ0n) is 14.5. The SMILES string of the molecule is CC(O)COc1ccc(C(C)(C)c2ccc(OCCO)cc2)cc1. The molecule has 2 N–H and O–H groups in total. The van der Waals surface area contributed by atoms with Gasteiger partial charge in [0.2, 0.25) is 0 Å². The third-order valence-corrected chi connectivity index (χ3v) is 4.00. The molecule has 24 heavy (non-hydrogen) atoms. The second-order valence-electron chi connectivity index (χ2n) is 6.41. The molecule has 2 rings (SSSR count). The van der Waals surface area contributed by atoms with Crippen molar-refractivity contribution in [1.82, 2.24) is 0 Å². The topological polar surface area (TPSA) is 58.9 Å². The maximum absolute atomic E-state index is 9.27. The summed E-state index contributed by atoms with van der Waals surface area (Å²) in [5.74, 6) is 1.51. The Morgan fingerprint density at radius 3 is 1.75 bits per heavy atom. The second kappa shape index (κ2) is 8.18. The number of aliphatic hydroxyl groups excluding tert-OH is 2. The third kappa shape index (κ3) is 4.73. The van der Waals surface area contributed by atoms with Crippen LogP contribution in [0.1, 0.15) is 31.9 Å². The van der Waals surface area contributed by atoms with Gasteiger partial charge in [-0.3, -0.25) is 0 Å². The van der Waals surface area contributed by atoms with Crippen molar-refractivity contribution in [2.45, 2.75) is 32.3 Å². The summed E-state index contributed by atoms with van der Waals surface area (Å²) in [5.41, 5.74) is 2.20. The first-order valence-electron chi connectivity index (χ1n) is 8.19. The van der Waals surface area contributed by atoms with Gasteiger partial charge in [-0.15, -0.1) is 0 Å². The molecule has 0 bridgehead atoms. The van der Waals surface area contributed by atoms with Crippen molar-refractivity contribution in [2.75, 3.05) is 19.8 Å². The highest BCUT2D eigenvalue weighted by Gasteiger charge is 2.23. The van der Waals surface area contributed by atoms with Gasteiger partial charge in [-0.25, -0.2) is 0 Å². The van der Waals surface area contributed by atoms with Crippen molar-refractivity contribution >= 4 is 0 Å². The first-order chi connectivity index (χ1) is 11.4. The largest absolute Gasteiger partial charge is 0.491 e. The minimum atomic E-state index is -0.479. The lowest BCUT2D eigenvalue weighted by atomic mass is 9.78. The van der Waals surface area contributed by atoms with Gasteiger partial charge in [0.25, 0.3) is 0 Å². The Morgan fingerprint density at radius 1 is 0.875 bits per heavy atom. The van der Waals surface area contributed by atoms with E-state index in [1.165, 1.54) is 11.1 Å². The maximum atomic E-state index is 9.27. The van der Waals surface area contributed by atoms with Crippen molar-refractivity contribution in [1.29, 1.82) is 0 Å². The fourth-order valence-corrected chi connectivity index (χ4v) is 2.48. The van der Waals surface area contributed by atoms with Crippen LogP contribution in [0.25, 0.3) is 0 Å². The average Bonchev–Trinajstić information content (AvgIpc) is 2.59. The van der Waals surface area contributed by atoms with E-state index in [2.05, 4.69) is 13.8 Å². The standard InChI is InChI=1S/C20H26O4/c1-15(22)14-24-19-10-6-17(7-11-19)20(2,3)16-4-8-18(9-5-16)23-13-12-21/h4-11,15,21-22H,12-14H2,1-3H3. The van der Waals surface area contributed by atoms with E-state index in [1.807, 2.05) is 48.5 Å². The molecule has 0 spiro atoms. The van der Waals surface area contributed by atoms with Gasteiger partial charge in [0, 0.05) is 5.41 Å². The lowest BCUT2D eigenvalue weighted by Crippen LogP contribution is -2.19. The van der Waals surface area contributed by atoms with Crippen LogP contribution >= 0.6 is 0 Å². The summed E-state index contributed by atoms with van der Waals surface area (Å²) in [6.45, 7) is 6.64. The fourth-order valence-electron chi connectivity index (χ4n) is 2.48. The molecule has 2 aromatic rings. The predicted molar refractivity (Wildman–Crippen MR) is 94.8 cm³/mol. The van der Waals surface area contributed by atoms with Crippen LogP contribution in [0.4, 0.5) is 0 Å². The number of ether oxygens (including phenoxy) is 2. The van der Waals surface area contributed by atoms with Crippen molar-refractivity contribution < 1.29 is 19.7 Å². The number of rotatable bonds is 8. The molecule has 4 heteroatoms. The van der Waals surface area contributed by atoms with E-state index in [0.29, 0.717) is 6.61 Å². The van der Waals surface area contributed by atoms with Crippen LogP contribution < -0.4 is 9.47 Å². The first kappa shape index (κ1) is 18.3. The molecule has 0 saturated carbocycles. The summed E-state index contributed by atoms with van der Waals surface area (Å²) >= 11 is 0. The molecule has 4 nitrogen and oxygen atoms in total. The second-order valence-corrected chi connectivity index (χ2v) is 6.41. The van der Waals surface area contributed by atoms with Gasteiger partial charge in [-0.1, -0.05) is 38.1 Å². The van der Waals surface area contributed by atoms with Gasteiger partial charge >= 0.3 is 0 Å². The van der Waals surface area contributed by atoms with E-state index < -0.39 is 6.10 Å². The van der Waals surface area contributed by atoms with Crippen molar-refractivity contribution in [3.05, 3.63) is 59.7 Å². The fraction of sp³-hybridized carbons (Fsp3) is 0.400. The average molecular weight is 330 g/mol. The van der Waals surface area contributed by atoms with Crippen molar-refractivity contribution in [2.24, 2.45) is 0 Å². The Balaban J connectivity index is 2.11. The van der Waals surface area contributed by atoms with Gasteiger partial charge in [-0.05, 0) is 42.3 Å². The molecular formula is C20H26O4. The highest BCUT2D eigenvalue weighted by atomic mass is 16.5. The normalized spacial score (nSPS) is 12.7. The Labute approximate surface area is 143 Å². The summed E-state index contributed by atoms with van der Waals surface area (Å²) in [5, 5.41) is 18.1. The summed E-state index contributed by atoms with van der Waals surface area (Å²) in [4.78, 5) is 0. The summed E-state index contributed by atoms with van der Waals surface area (Å²) in [7, 11) is 0. The molecule has 1 unspecified atom stereocenters. The van der Waals surface area contributed by atoms with E-state index in [1.54, 1.807) is 6.92 Å². The molecule has 2 aromatic carbocycles. The molecule has 0 heterocycles. The minimum Gasteiger partial charge on any atom is -0.491 e. The molecular weight excluding hydrogens is 304 g/mol. The van der Waals surface area contributed by atoms with E-state index in [4.69, 9.17) is 14.6 Å². The minimum absolute atomic E-state index is 0.0106. The summed E-state index contributed by atoms with van der Waals surface area (Å²) in [6, 6.07) is 15.9. The molecule has 130 valence electrons. The molecule has 1 atom stereocenters. The zero-order valence-corrected chi connectivity index (χ0v) is 14.5. The molecule has 0 aliphatic rings. The Hall–Kier alpha value is -2.04. The van der Waals surface area contributed by atoms with Crippen molar-refractivity contribution in [3.63, 3.8) is 0 Å². The van der Waals surface area contributed by atoms with Crippen LogP contribution in [0.5, 0.6) is 11.5 Å². The lowest BCUT2D eigenvalue weighted by Gasteiger charge is -2.26. The smallest absolute Gasteiger partial charge is 0.119 e. The van der Waals surface area contributed by atoms with E-state index >= 15 is 0 Å². The summed E-state index contributed by atoms with van der Waals surface area (Å²) < 4.78 is 10.9. The van der Waals surface area contributed by atoms with Crippen molar-refractivity contribution in [3.8, 4) is 11.5 Å². The van der Waals surface area contributed by atoms with Crippen LogP contribution in [-0.2, 0) is 5.41 Å². The van der Waals surface area contributed by atoms with E-state index in [-0.39, 0.29) is 18.6 Å². The maximum Gasteiger partial charge on any atom is 0.119 e. The number of hydrogen-bond acceptors (Lipinski definition) is 4.